The summed E-state index contributed by atoms with van der Waals surface area (Å²) < 4.78 is 41.1. The van der Waals surface area contributed by atoms with Crippen LogP contribution < -0.4 is 5.32 Å². The summed E-state index contributed by atoms with van der Waals surface area (Å²) in [7, 11) is -3.79. The van der Waals surface area contributed by atoms with Gasteiger partial charge in [0.15, 0.2) is 0 Å². The number of rotatable bonds is 8. The first-order valence-electron chi connectivity index (χ1n) is 10.8. The van der Waals surface area contributed by atoms with Crippen LogP contribution in [0, 0.1) is 5.82 Å². The largest absolute Gasteiger partial charge is 0.322 e. The van der Waals surface area contributed by atoms with Crippen molar-refractivity contribution in [1.29, 1.82) is 0 Å². The molecule has 2 aromatic rings. The minimum absolute atomic E-state index is 0.0957. The smallest absolute Gasteiger partial charge is 0.258 e. The van der Waals surface area contributed by atoms with E-state index in [2.05, 4.69) is 10.2 Å². The van der Waals surface area contributed by atoms with E-state index in [-0.39, 0.29) is 10.5 Å². The number of likely N-dealkylation sites (tertiary alicyclic amines) is 1. The van der Waals surface area contributed by atoms with Crippen LogP contribution in [0.4, 0.5) is 10.1 Å². The van der Waals surface area contributed by atoms with Crippen molar-refractivity contribution >= 4 is 21.6 Å². The highest BCUT2D eigenvalue weighted by molar-refractivity contribution is 7.89. The number of piperidine rings is 1. The molecule has 3 rings (SSSR count). The van der Waals surface area contributed by atoms with Gasteiger partial charge in [-0.2, -0.15) is 4.31 Å². The Bertz CT molecular complexity index is 1020. The maximum Gasteiger partial charge on any atom is 0.258 e. The van der Waals surface area contributed by atoms with Crippen molar-refractivity contribution in [2.45, 2.75) is 44.6 Å². The number of hydrogen-bond acceptors (Lipinski definition) is 4. The summed E-state index contributed by atoms with van der Waals surface area (Å²) in [5.74, 6) is -1.44. The molecular formula is C23H30FN3O3S. The molecule has 168 valence electrons. The Kier molecular flexibility index (Phi) is 7.80. The lowest BCUT2D eigenvalue weighted by Crippen LogP contribution is -2.31. The Hall–Kier alpha value is -2.29. The van der Waals surface area contributed by atoms with E-state index >= 15 is 0 Å². The third-order valence-electron chi connectivity index (χ3n) is 5.57. The van der Waals surface area contributed by atoms with Gasteiger partial charge in [-0.05, 0) is 61.8 Å². The molecule has 0 aliphatic carbocycles. The molecule has 0 bridgehead atoms. The zero-order valence-electron chi connectivity index (χ0n) is 18.1. The normalized spacial score (nSPS) is 15.2. The van der Waals surface area contributed by atoms with Gasteiger partial charge < -0.3 is 5.32 Å². The van der Waals surface area contributed by atoms with E-state index in [1.165, 1.54) is 29.6 Å². The van der Waals surface area contributed by atoms with Gasteiger partial charge in [-0.3, -0.25) is 9.69 Å². The Morgan fingerprint density at radius 1 is 1.06 bits per heavy atom. The molecule has 1 N–H and O–H groups in total. The van der Waals surface area contributed by atoms with Crippen LogP contribution >= 0.6 is 0 Å². The second kappa shape index (κ2) is 10.3. The zero-order chi connectivity index (χ0) is 22.4. The Labute approximate surface area is 184 Å². The highest BCUT2D eigenvalue weighted by atomic mass is 32.2. The highest BCUT2D eigenvalue weighted by Crippen LogP contribution is 2.21. The fourth-order valence-corrected chi connectivity index (χ4v) is 5.36. The summed E-state index contributed by atoms with van der Waals surface area (Å²) in [5.41, 5.74) is 1.32. The summed E-state index contributed by atoms with van der Waals surface area (Å²) in [6.07, 6.45) is 3.66. The maximum absolute atomic E-state index is 14.4. The molecule has 0 unspecified atom stereocenters. The predicted octanol–water partition coefficient (Wildman–Crippen LogP) is 4.09. The molecule has 1 amide bonds. The molecular weight excluding hydrogens is 417 g/mol. The fourth-order valence-electron chi connectivity index (χ4n) is 3.87. The van der Waals surface area contributed by atoms with Crippen molar-refractivity contribution in [3.63, 3.8) is 0 Å². The number of amides is 1. The van der Waals surface area contributed by atoms with Gasteiger partial charge in [0, 0.05) is 25.3 Å². The number of sulfonamides is 1. The number of carbonyl (C=O) groups excluding carboxylic acids is 1. The molecule has 1 heterocycles. The van der Waals surface area contributed by atoms with E-state index in [9.17, 15) is 17.6 Å². The van der Waals surface area contributed by atoms with Crippen LogP contribution in [-0.4, -0.2) is 49.7 Å². The van der Waals surface area contributed by atoms with Crippen molar-refractivity contribution in [3.8, 4) is 0 Å². The van der Waals surface area contributed by atoms with Crippen LogP contribution in [0.5, 0.6) is 0 Å². The van der Waals surface area contributed by atoms with Crippen molar-refractivity contribution in [3.05, 3.63) is 59.4 Å². The molecule has 1 fully saturated rings. The number of nitrogens with one attached hydrogen (secondary N) is 1. The third-order valence-corrected chi connectivity index (χ3v) is 7.61. The summed E-state index contributed by atoms with van der Waals surface area (Å²) in [6, 6.07) is 10.8. The summed E-state index contributed by atoms with van der Waals surface area (Å²) in [5, 5.41) is 2.71. The number of nitrogens with zero attached hydrogens (tertiary/aromatic N) is 2. The van der Waals surface area contributed by atoms with Gasteiger partial charge in [-0.1, -0.05) is 32.4 Å². The second-order valence-corrected chi connectivity index (χ2v) is 9.66. The Balaban J connectivity index is 1.78. The van der Waals surface area contributed by atoms with Crippen LogP contribution in [0.3, 0.4) is 0 Å². The molecule has 1 saturated heterocycles. The predicted molar refractivity (Wildman–Crippen MR) is 120 cm³/mol. The van der Waals surface area contributed by atoms with Crippen molar-refractivity contribution < 1.29 is 17.6 Å². The number of hydrogen-bond donors (Lipinski definition) is 1. The molecule has 2 aromatic carbocycles. The van der Waals surface area contributed by atoms with Crippen molar-refractivity contribution in [2.75, 3.05) is 31.5 Å². The highest BCUT2D eigenvalue weighted by Gasteiger charge is 2.24. The van der Waals surface area contributed by atoms with Gasteiger partial charge in [0.05, 0.1) is 10.5 Å². The van der Waals surface area contributed by atoms with Crippen molar-refractivity contribution in [2.24, 2.45) is 0 Å². The van der Waals surface area contributed by atoms with Crippen LogP contribution in [0.25, 0.3) is 0 Å². The fraction of sp³-hybridized carbons (Fsp3) is 0.435. The van der Waals surface area contributed by atoms with Crippen LogP contribution in [0.15, 0.2) is 47.4 Å². The van der Waals surface area contributed by atoms with Gasteiger partial charge in [0.25, 0.3) is 5.91 Å². The summed E-state index contributed by atoms with van der Waals surface area (Å²) in [6.45, 7) is 6.98. The zero-order valence-corrected chi connectivity index (χ0v) is 18.9. The Morgan fingerprint density at radius 3 is 2.45 bits per heavy atom. The molecule has 1 aliphatic rings. The van der Waals surface area contributed by atoms with Gasteiger partial charge in [0.1, 0.15) is 5.82 Å². The molecule has 0 atom stereocenters. The van der Waals surface area contributed by atoms with E-state index in [4.69, 9.17) is 0 Å². The second-order valence-electron chi connectivity index (χ2n) is 7.72. The lowest BCUT2D eigenvalue weighted by atomic mass is 10.1. The average Bonchev–Trinajstić information content (AvgIpc) is 2.75. The number of benzene rings is 2. The van der Waals surface area contributed by atoms with Crippen LogP contribution in [-0.2, 0) is 16.6 Å². The lowest BCUT2D eigenvalue weighted by Gasteiger charge is -2.26. The SMILES string of the molecule is CCN(CC)S(=O)(=O)c1ccc(F)c(C(=O)Nc2cccc(CN3CCCCC3)c2)c1. The quantitative estimate of drug-likeness (QED) is 0.662. The minimum Gasteiger partial charge on any atom is -0.322 e. The van der Waals surface area contributed by atoms with E-state index in [0.29, 0.717) is 18.8 Å². The Morgan fingerprint density at radius 2 is 1.77 bits per heavy atom. The lowest BCUT2D eigenvalue weighted by molar-refractivity contribution is 0.102. The molecule has 8 heteroatoms. The first-order chi connectivity index (χ1) is 14.8. The molecule has 0 saturated carbocycles. The van der Waals surface area contributed by atoms with E-state index in [1.54, 1.807) is 19.9 Å². The van der Waals surface area contributed by atoms with Gasteiger partial charge in [-0.25, -0.2) is 12.8 Å². The first kappa shape index (κ1) is 23.4. The first-order valence-corrected chi connectivity index (χ1v) is 12.2. The molecule has 0 radical (unpaired) electrons. The van der Waals surface area contributed by atoms with E-state index < -0.39 is 21.7 Å². The van der Waals surface area contributed by atoms with Crippen LogP contribution in [0.2, 0.25) is 0 Å². The average molecular weight is 448 g/mol. The van der Waals surface area contributed by atoms with E-state index in [0.717, 1.165) is 37.3 Å². The molecule has 0 spiro atoms. The maximum atomic E-state index is 14.4. The summed E-state index contributed by atoms with van der Waals surface area (Å²) >= 11 is 0. The van der Waals surface area contributed by atoms with Gasteiger partial charge >= 0.3 is 0 Å². The van der Waals surface area contributed by atoms with Gasteiger partial charge in [-0.15, -0.1) is 0 Å². The van der Waals surface area contributed by atoms with Crippen LogP contribution in [0.1, 0.15) is 49.0 Å². The standard InChI is InChI=1S/C23H30FN3O3S/c1-3-27(4-2)31(29,30)20-11-12-22(24)21(16-20)23(28)25-19-10-8-9-18(15-19)17-26-13-6-5-7-14-26/h8-12,15-16H,3-7,13-14,17H2,1-2H3,(H,25,28). The molecule has 1 aliphatic heterocycles. The topological polar surface area (TPSA) is 69.7 Å². The minimum atomic E-state index is -3.79. The summed E-state index contributed by atoms with van der Waals surface area (Å²) in [4.78, 5) is 15.0. The molecule has 6 nitrogen and oxygen atoms in total. The van der Waals surface area contributed by atoms with Crippen molar-refractivity contribution in [1.82, 2.24) is 9.21 Å². The van der Waals surface area contributed by atoms with E-state index in [1.807, 2.05) is 18.2 Å². The van der Waals surface area contributed by atoms with Gasteiger partial charge in [0.2, 0.25) is 10.0 Å². The molecule has 0 aromatic heterocycles. The molecule has 31 heavy (non-hydrogen) atoms. The number of halogens is 1. The third kappa shape index (κ3) is 5.70. The monoisotopic (exact) mass is 447 g/mol. The number of anilines is 1. The number of carbonyl (C=O) groups is 1.